The maximum absolute atomic E-state index is 12.8. The Bertz CT molecular complexity index is 787. The zero-order valence-corrected chi connectivity index (χ0v) is 16.8. The molecule has 2 aliphatic rings. The number of benzene rings is 1. The molecule has 2 saturated carbocycles. The Hall–Kier alpha value is -1.85. The van der Waals surface area contributed by atoms with Gasteiger partial charge in [-0.15, -0.1) is 12.4 Å². The number of hydrogen-bond acceptors (Lipinski definition) is 3. The van der Waals surface area contributed by atoms with Gasteiger partial charge in [0.05, 0.1) is 11.4 Å². The smallest absolute Gasteiger partial charge is 0.251 e. The largest absolute Gasteiger partial charge is 0.349 e. The SMILES string of the molecule is Cc1cc(C)n(-c2ccc(C(=O)NC3C4CCCC3CC(N)C4)cc2)n1.Cl. The Balaban J connectivity index is 0.00000210. The predicted molar refractivity (Wildman–Crippen MR) is 110 cm³/mol. The number of hydrogen-bond donors (Lipinski definition) is 2. The lowest BCUT2D eigenvalue weighted by molar-refractivity contribution is 0.0756. The summed E-state index contributed by atoms with van der Waals surface area (Å²) < 4.78 is 1.91. The van der Waals surface area contributed by atoms with Crippen molar-refractivity contribution in [1.29, 1.82) is 0 Å². The summed E-state index contributed by atoms with van der Waals surface area (Å²) in [5, 5.41) is 7.81. The van der Waals surface area contributed by atoms with Gasteiger partial charge in [0.1, 0.15) is 0 Å². The van der Waals surface area contributed by atoms with Gasteiger partial charge in [-0.25, -0.2) is 4.68 Å². The van der Waals surface area contributed by atoms with Crippen LogP contribution in [0.15, 0.2) is 30.3 Å². The molecule has 2 unspecified atom stereocenters. The van der Waals surface area contributed by atoms with Gasteiger partial charge < -0.3 is 11.1 Å². The Morgan fingerprint density at radius 1 is 1.15 bits per heavy atom. The van der Waals surface area contributed by atoms with Gasteiger partial charge in [0.15, 0.2) is 0 Å². The molecule has 2 aliphatic carbocycles. The van der Waals surface area contributed by atoms with Crippen molar-refractivity contribution >= 4 is 18.3 Å². The Morgan fingerprint density at radius 3 is 2.33 bits per heavy atom. The fourth-order valence-electron chi connectivity index (χ4n) is 4.90. The Morgan fingerprint density at radius 2 is 1.78 bits per heavy atom. The van der Waals surface area contributed by atoms with E-state index in [9.17, 15) is 4.79 Å². The molecular formula is C21H29ClN4O. The number of halogens is 1. The van der Waals surface area contributed by atoms with Crippen LogP contribution in [0.2, 0.25) is 0 Å². The van der Waals surface area contributed by atoms with Gasteiger partial charge >= 0.3 is 0 Å². The fourth-order valence-corrected chi connectivity index (χ4v) is 4.90. The van der Waals surface area contributed by atoms with Crippen LogP contribution in [0.25, 0.3) is 5.69 Å². The predicted octanol–water partition coefficient (Wildman–Crippen LogP) is 3.55. The van der Waals surface area contributed by atoms with E-state index in [1.54, 1.807) is 0 Å². The van der Waals surface area contributed by atoms with Crippen LogP contribution in [0, 0.1) is 25.7 Å². The molecule has 27 heavy (non-hydrogen) atoms. The molecule has 2 fully saturated rings. The molecule has 1 aromatic carbocycles. The van der Waals surface area contributed by atoms with E-state index >= 15 is 0 Å². The molecule has 2 aromatic rings. The summed E-state index contributed by atoms with van der Waals surface area (Å²) in [6, 6.07) is 10.4. The van der Waals surface area contributed by atoms with Gasteiger partial charge in [0, 0.05) is 23.3 Å². The van der Waals surface area contributed by atoms with E-state index in [4.69, 9.17) is 5.73 Å². The zero-order valence-electron chi connectivity index (χ0n) is 16.0. The van der Waals surface area contributed by atoms with E-state index in [1.807, 2.05) is 48.9 Å². The summed E-state index contributed by atoms with van der Waals surface area (Å²) in [4.78, 5) is 12.8. The molecule has 6 heteroatoms. The first kappa shape index (κ1) is 19.9. The van der Waals surface area contributed by atoms with Crippen LogP contribution in [-0.2, 0) is 0 Å². The van der Waals surface area contributed by atoms with Crippen LogP contribution in [-0.4, -0.2) is 27.8 Å². The number of carbonyl (C=O) groups is 1. The monoisotopic (exact) mass is 388 g/mol. The third kappa shape index (κ3) is 4.04. The van der Waals surface area contributed by atoms with Gasteiger partial charge in [-0.3, -0.25) is 4.79 Å². The lowest BCUT2D eigenvalue weighted by atomic mass is 9.67. The van der Waals surface area contributed by atoms with Crippen molar-refractivity contribution in [2.45, 2.75) is 58.0 Å². The van der Waals surface area contributed by atoms with Crippen LogP contribution in [0.3, 0.4) is 0 Å². The molecule has 2 atom stereocenters. The lowest BCUT2D eigenvalue weighted by Crippen LogP contribution is -2.53. The van der Waals surface area contributed by atoms with E-state index < -0.39 is 0 Å². The van der Waals surface area contributed by atoms with E-state index in [0.29, 0.717) is 23.4 Å². The minimum atomic E-state index is 0. The molecule has 0 spiro atoms. The summed E-state index contributed by atoms with van der Waals surface area (Å²) in [5.41, 5.74) is 9.97. The summed E-state index contributed by atoms with van der Waals surface area (Å²) in [7, 11) is 0. The van der Waals surface area contributed by atoms with Gasteiger partial charge in [-0.2, -0.15) is 5.10 Å². The molecular weight excluding hydrogens is 360 g/mol. The quantitative estimate of drug-likeness (QED) is 0.844. The number of amides is 1. The fraction of sp³-hybridized carbons (Fsp3) is 0.524. The molecule has 0 aliphatic heterocycles. The van der Waals surface area contributed by atoms with E-state index in [-0.39, 0.29) is 24.4 Å². The van der Waals surface area contributed by atoms with E-state index in [2.05, 4.69) is 10.4 Å². The maximum atomic E-state index is 12.8. The van der Waals surface area contributed by atoms with Crippen LogP contribution < -0.4 is 11.1 Å². The standard InChI is InChI=1S/C21H28N4O.ClH/c1-13-10-14(2)25(24-13)19-8-6-15(7-9-19)21(26)23-20-16-4-3-5-17(20)12-18(22)11-16;/h6-10,16-18,20H,3-5,11-12,22H2,1-2H3,(H,23,26);1H. The van der Waals surface area contributed by atoms with Crippen LogP contribution in [0.4, 0.5) is 0 Å². The molecule has 0 saturated heterocycles. The third-order valence-corrected chi connectivity index (χ3v) is 6.06. The van der Waals surface area contributed by atoms with Gasteiger partial charge in [-0.1, -0.05) is 6.42 Å². The van der Waals surface area contributed by atoms with Crippen molar-refractivity contribution in [3.63, 3.8) is 0 Å². The topological polar surface area (TPSA) is 72.9 Å². The first-order valence-corrected chi connectivity index (χ1v) is 9.71. The second kappa shape index (κ2) is 8.03. The van der Waals surface area contributed by atoms with Crippen molar-refractivity contribution in [3.05, 3.63) is 47.3 Å². The molecule has 2 bridgehead atoms. The molecule has 1 aromatic heterocycles. The van der Waals surface area contributed by atoms with E-state index in [0.717, 1.165) is 29.9 Å². The second-order valence-corrected chi connectivity index (χ2v) is 8.07. The first-order valence-electron chi connectivity index (χ1n) is 9.71. The average Bonchev–Trinajstić information content (AvgIpc) is 2.94. The Kier molecular flexibility index (Phi) is 5.92. The number of nitrogens with zero attached hydrogens (tertiary/aromatic N) is 2. The molecule has 146 valence electrons. The first-order chi connectivity index (χ1) is 12.5. The highest BCUT2D eigenvalue weighted by molar-refractivity contribution is 5.94. The molecule has 1 heterocycles. The van der Waals surface area contributed by atoms with Crippen molar-refractivity contribution in [2.75, 3.05) is 0 Å². The molecule has 3 N–H and O–H groups in total. The van der Waals surface area contributed by atoms with Crippen molar-refractivity contribution < 1.29 is 4.79 Å². The number of fused-ring (bicyclic) bond motifs is 2. The lowest BCUT2D eigenvalue weighted by Gasteiger charge is -2.45. The highest BCUT2D eigenvalue weighted by atomic mass is 35.5. The normalized spacial score (nSPS) is 26.9. The number of aromatic nitrogens is 2. The van der Waals surface area contributed by atoms with Gasteiger partial charge in [0.2, 0.25) is 0 Å². The van der Waals surface area contributed by atoms with Crippen LogP contribution >= 0.6 is 12.4 Å². The van der Waals surface area contributed by atoms with E-state index in [1.165, 1.54) is 19.3 Å². The number of nitrogens with two attached hydrogens (primary N) is 1. The van der Waals surface area contributed by atoms with Crippen molar-refractivity contribution in [3.8, 4) is 5.69 Å². The number of carbonyl (C=O) groups excluding carboxylic acids is 1. The molecule has 5 nitrogen and oxygen atoms in total. The van der Waals surface area contributed by atoms with Crippen LogP contribution in [0.1, 0.15) is 53.8 Å². The van der Waals surface area contributed by atoms with Crippen LogP contribution in [0.5, 0.6) is 0 Å². The minimum absolute atomic E-state index is 0. The molecule has 0 radical (unpaired) electrons. The van der Waals surface area contributed by atoms with Crippen molar-refractivity contribution in [1.82, 2.24) is 15.1 Å². The Labute approximate surface area is 167 Å². The highest BCUT2D eigenvalue weighted by Crippen LogP contribution is 2.39. The number of aryl methyl sites for hydroxylation is 2. The number of nitrogens with one attached hydrogen (secondary N) is 1. The molecule has 1 amide bonds. The van der Waals surface area contributed by atoms with Crippen molar-refractivity contribution in [2.24, 2.45) is 17.6 Å². The number of rotatable bonds is 3. The zero-order chi connectivity index (χ0) is 18.3. The summed E-state index contributed by atoms with van der Waals surface area (Å²) in [6.45, 7) is 4.02. The second-order valence-electron chi connectivity index (χ2n) is 8.07. The average molecular weight is 389 g/mol. The summed E-state index contributed by atoms with van der Waals surface area (Å²) in [6.07, 6.45) is 5.72. The maximum Gasteiger partial charge on any atom is 0.251 e. The summed E-state index contributed by atoms with van der Waals surface area (Å²) in [5.74, 6) is 1.10. The van der Waals surface area contributed by atoms with Gasteiger partial charge in [0.25, 0.3) is 5.91 Å². The highest BCUT2D eigenvalue weighted by Gasteiger charge is 2.39. The molecule has 4 rings (SSSR count). The van der Waals surface area contributed by atoms with Gasteiger partial charge in [-0.05, 0) is 81.7 Å². The minimum Gasteiger partial charge on any atom is -0.349 e. The third-order valence-electron chi connectivity index (χ3n) is 6.06. The summed E-state index contributed by atoms with van der Waals surface area (Å²) >= 11 is 0.